The van der Waals surface area contributed by atoms with Crippen LogP contribution < -0.4 is 5.32 Å². The number of thioether (sulfide) groups is 1. The Bertz CT molecular complexity index is 641. The molecule has 1 unspecified atom stereocenters. The van der Waals surface area contributed by atoms with Crippen molar-refractivity contribution in [1.29, 1.82) is 0 Å². The van der Waals surface area contributed by atoms with Crippen molar-refractivity contribution in [2.45, 2.75) is 18.1 Å². The monoisotopic (exact) mass is 289 g/mol. The molecule has 2 aromatic rings. The van der Waals surface area contributed by atoms with Crippen LogP contribution >= 0.6 is 11.8 Å². The Hall–Kier alpha value is -1.82. The van der Waals surface area contributed by atoms with Crippen LogP contribution in [0.1, 0.15) is 12.8 Å². The van der Waals surface area contributed by atoms with Crippen LogP contribution in [0.25, 0.3) is 10.9 Å². The summed E-state index contributed by atoms with van der Waals surface area (Å²) in [6, 6.07) is 6.78. The fourth-order valence-corrected chi connectivity index (χ4v) is 3.69. The minimum Gasteiger partial charge on any atom is -0.382 e. The second-order valence-corrected chi connectivity index (χ2v) is 6.21. The minimum atomic E-state index is -0.361. The van der Waals surface area contributed by atoms with Gasteiger partial charge in [0.05, 0.1) is 16.0 Å². The summed E-state index contributed by atoms with van der Waals surface area (Å²) >= 11 is 1.98. The van der Waals surface area contributed by atoms with Gasteiger partial charge in [-0.1, -0.05) is 0 Å². The third kappa shape index (κ3) is 2.56. The van der Waals surface area contributed by atoms with Gasteiger partial charge in [0.2, 0.25) is 0 Å². The number of nitrogens with one attached hydrogen (secondary N) is 1. The number of non-ortho nitro benzene ring substituents is 1. The summed E-state index contributed by atoms with van der Waals surface area (Å²) < 4.78 is 0. The molecule has 5 nitrogen and oxygen atoms in total. The van der Waals surface area contributed by atoms with E-state index in [1.54, 1.807) is 30.5 Å². The van der Waals surface area contributed by atoms with Gasteiger partial charge in [0.15, 0.2) is 0 Å². The van der Waals surface area contributed by atoms with Crippen LogP contribution in [0.4, 0.5) is 11.4 Å². The van der Waals surface area contributed by atoms with Crippen LogP contribution in [0.15, 0.2) is 30.5 Å². The molecule has 0 radical (unpaired) electrons. The molecule has 0 aliphatic carbocycles. The van der Waals surface area contributed by atoms with E-state index in [1.807, 2.05) is 11.8 Å². The second-order valence-electron chi connectivity index (χ2n) is 4.80. The molecule has 1 N–H and O–H groups in total. The van der Waals surface area contributed by atoms with E-state index >= 15 is 0 Å². The zero-order valence-electron chi connectivity index (χ0n) is 10.9. The minimum absolute atomic E-state index is 0.105. The number of benzene rings is 1. The van der Waals surface area contributed by atoms with E-state index in [4.69, 9.17) is 0 Å². The topological polar surface area (TPSA) is 68.1 Å². The fraction of sp³-hybridized carbons (Fsp3) is 0.357. The number of nitro benzene ring substituents is 1. The number of fused-ring (bicyclic) bond motifs is 1. The summed E-state index contributed by atoms with van der Waals surface area (Å²) in [6.07, 6.45) is 4.17. The van der Waals surface area contributed by atoms with Crippen LogP contribution in [0.3, 0.4) is 0 Å². The maximum absolute atomic E-state index is 11.0. The molecule has 1 aliphatic heterocycles. The van der Waals surface area contributed by atoms with Crippen molar-refractivity contribution in [1.82, 2.24) is 4.98 Å². The van der Waals surface area contributed by atoms with Gasteiger partial charge in [-0.3, -0.25) is 15.1 Å². The Balaban J connectivity index is 1.91. The molecule has 3 rings (SSSR count). The number of hydrogen-bond donors (Lipinski definition) is 1. The summed E-state index contributed by atoms with van der Waals surface area (Å²) in [6.45, 7) is 0.883. The molecular weight excluding hydrogens is 274 g/mol. The van der Waals surface area contributed by atoms with Gasteiger partial charge < -0.3 is 5.32 Å². The molecule has 0 saturated carbocycles. The average Bonchev–Trinajstić information content (AvgIpc) is 2.97. The molecule has 1 atom stereocenters. The SMILES string of the molecule is O=[N+]([O-])c1ccc(NCC2CCCS2)c2ncccc12. The third-order valence-electron chi connectivity index (χ3n) is 3.49. The number of rotatable bonds is 4. The molecule has 1 aromatic heterocycles. The Morgan fingerprint density at radius 2 is 2.35 bits per heavy atom. The molecule has 0 amide bonds. The smallest absolute Gasteiger partial charge is 0.278 e. The second kappa shape index (κ2) is 5.66. The Morgan fingerprint density at radius 1 is 1.45 bits per heavy atom. The van der Waals surface area contributed by atoms with E-state index in [0.29, 0.717) is 16.2 Å². The van der Waals surface area contributed by atoms with E-state index in [-0.39, 0.29) is 10.6 Å². The van der Waals surface area contributed by atoms with Gasteiger partial charge in [-0.25, -0.2) is 0 Å². The van der Waals surface area contributed by atoms with Crippen molar-refractivity contribution in [3.8, 4) is 0 Å². The zero-order chi connectivity index (χ0) is 13.9. The first-order valence-electron chi connectivity index (χ1n) is 6.63. The van der Waals surface area contributed by atoms with Gasteiger partial charge in [0.25, 0.3) is 5.69 Å². The lowest BCUT2D eigenvalue weighted by molar-refractivity contribution is -0.383. The maximum Gasteiger partial charge on any atom is 0.278 e. The normalized spacial score (nSPS) is 18.3. The molecule has 6 heteroatoms. The summed E-state index contributed by atoms with van der Waals surface area (Å²) in [5.74, 6) is 1.23. The summed E-state index contributed by atoms with van der Waals surface area (Å²) in [7, 11) is 0. The van der Waals surface area contributed by atoms with Crippen LogP contribution in [-0.2, 0) is 0 Å². The highest BCUT2D eigenvalue weighted by atomic mass is 32.2. The van der Waals surface area contributed by atoms with Gasteiger partial charge in [-0.05, 0) is 36.8 Å². The highest BCUT2D eigenvalue weighted by Crippen LogP contribution is 2.31. The molecule has 20 heavy (non-hydrogen) atoms. The molecule has 104 valence electrons. The number of pyridine rings is 1. The lowest BCUT2D eigenvalue weighted by atomic mass is 10.1. The zero-order valence-corrected chi connectivity index (χ0v) is 11.7. The first-order chi connectivity index (χ1) is 9.75. The fourth-order valence-electron chi connectivity index (χ4n) is 2.49. The molecule has 0 spiro atoms. The molecule has 1 aliphatic rings. The molecule has 1 saturated heterocycles. The van der Waals surface area contributed by atoms with Crippen molar-refractivity contribution in [3.63, 3.8) is 0 Å². The molecule has 2 heterocycles. The lowest BCUT2D eigenvalue weighted by Crippen LogP contribution is -2.14. The van der Waals surface area contributed by atoms with E-state index in [9.17, 15) is 10.1 Å². The van der Waals surface area contributed by atoms with E-state index < -0.39 is 0 Å². The Labute approximate surface area is 120 Å². The average molecular weight is 289 g/mol. The quantitative estimate of drug-likeness (QED) is 0.689. The van der Waals surface area contributed by atoms with E-state index in [0.717, 1.165) is 12.2 Å². The summed E-state index contributed by atoms with van der Waals surface area (Å²) in [5.41, 5.74) is 1.65. The predicted molar refractivity (Wildman–Crippen MR) is 82.4 cm³/mol. The van der Waals surface area contributed by atoms with Crippen molar-refractivity contribution < 1.29 is 4.92 Å². The standard InChI is InChI=1S/C14H15N3O2S/c18-17(19)13-6-5-12(14-11(13)4-1-7-15-14)16-9-10-3-2-8-20-10/h1,4-7,10,16H,2-3,8-9H2. The number of aromatic nitrogens is 1. The summed E-state index contributed by atoms with van der Waals surface area (Å²) in [5, 5.41) is 15.7. The van der Waals surface area contributed by atoms with Gasteiger partial charge in [0.1, 0.15) is 5.52 Å². The third-order valence-corrected chi connectivity index (χ3v) is 4.89. The molecular formula is C14H15N3O2S. The summed E-state index contributed by atoms with van der Waals surface area (Å²) in [4.78, 5) is 15.0. The highest BCUT2D eigenvalue weighted by molar-refractivity contribution is 8.00. The van der Waals surface area contributed by atoms with E-state index in [2.05, 4.69) is 10.3 Å². The first-order valence-corrected chi connectivity index (χ1v) is 7.68. The predicted octanol–water partition coefficient (Wildman–Crippen LogP) is 3.45. The van der Waals surface area contributed by atoms with Crippen molar-refractivity contribution in [2.75, 3.05) is 17.6 Å². The van der Waals surface area contributed by atoms with Crippen molar-refractivity contribution in [3.05, 3.63) is 40.6 Å². The van der Waals surface area contributed by atoms with Gasteiger partial charge >= 0.3 is 0 Å². The molecule has 0 bridgehead atoms. The highest BCUT2D eigenvalue weighted by Gasteiger charge is 2.18. The van der Waals surface area contributed by atoms with Crippen molar-refractivity contribution in [2.24, 2.45) is 0 Å². The Morgan fingerprint density at radius 3 is 3.10 bits per heavy atom. The van der Waals surface area contributed by atoms with Gasteiger partial charge in [-0.15, -0.1) is 0 Å². The number of anilines is 1. The molecule has 1 aromatic carbocycles. The maximum atomic E-state index is 11.0. The van der Waals surface area contributed by atoms with E-state index in [1.165, 1.54) is 18.6 Å². The van der Waals surface area contributed by atoms with Crippen LogP contribution in [0.2, 0.25) is 0 Å². The van der Waals surface area contributed by atoms with Crippen LogP contribution in [0, 0.1) is 10.1 Å². The molecule has 1 fully saturated rings. The number of nitrogens with zero attached hydrogens (tertiary/aromatic N) is 2. The van der Waals surface area contributed by atoms with Gasteiger partial charge in [-0.2, -0.15) is 11.8 Å². The number of nitro groups is 1. The van der Waals surface area contributed by atoms with Crippen LogP contribution in [-0.4, -0.2) is 27.5 Å². The largest absolute Gasteiger partial charge is 0.382 e. The Kier molecular flexibility index (Phi) is 3.73. The van der Waals surface area contributed by atoms with Crippen molar-refractivity contribution >= 4 is 34.0 Å². The van der Waals surface area contributed by atoms with Crippen LogP contribution in [0.5, 0.6) is 0 Å². The lowest BCUT2D eigenvalue weighted by Gasteiger charge is -2.12. The number of hydrogen-bond acceptors (Lipinski definition) is 5. The van der Waals surface area contributed by atoms with Gasteiger partial charge in [0, 0.05) is 24.1 Å². The first kappa shape index (κ1) is 13.2.